The lowest BCUT2D eigenvalue weighted by Gasteiger charge is -2.13. The fourth-order valence-corrected chi connectivity index (χ4v) is 1.61. The average molecular weight is 286 g/mol. The summed E-state index contributed by atoms with van der Waals surface area (Å²) < 4.78 is 26.2. The molecule has 1 atom stereocenters. The van der Waals surface area contributed by atoms with Crippen LogP contribution in [0.5, 0.6) is 0 Å². The third kappa shape index (κ3) is 4.93. The van der Waals surface area contributed by atoms with Gasteiger partial charge in [0.2, 0.25) is 5.91 Å². The van der Waals surface area contributed by atoms with Gasteiger partial charge >= 0.3 is 5.97 Å². The van der Waals surface area contributed by atoms with Gasteiger partial charge in [0.1, 0.15) is 17.7 Å². The summed E-state index contributed by atoms with van der Waals surface area (Å²) in [4.78, 5) is 22.4. The molecule has 1 aromatic carbocycles. The molecule has 1 amide bonds. The molecule has 0 spiro atoms. The van der Waals surface area contributed by atoms with Crippen LogP contribution in [0.1, 0.15) is 19.8 Å². The monoisotopic (exact) mass is 286 g/mol. The summed E-state index contributed by atoms with van der Waals surface area (Å²) in [6.45, 7) is 1.52. The Morgan fingerprint density at radius 3 is 2.65 bits per heavy atom. The summed E-state index contributed by atoms with van der Waals surface area (Å²) in [5.41, 5.74) is -0.279. The molecule has 0 saturated heterocycles. The van der Waals surface area contributed by atoms with Gasteiger partial charge in [-0.05, 0) is 18.6 Å². The molecule has 7 heteroatoms. The number of halogens is 2. The second-order valence-corrected chi connectivity index (χ2v) is 4.23. The summed E-state index contributed by atoms with van der Waals surface area (Å²) in [6.07, 6.45) is 1.01. The largest absolute Gasteiger partial charge is 0.480 e. The van der Waals surface area contributed by atoms with Gasteiger partial charge < -0.3 is 10.4 Å². The van der Waals surface area contributed by atoms with E-state index in [1.807, 2.05) is 6.92 Å². The van der Waals surface area contributed by atoms with Crippen LogP contribution in [0, 0.1) is 11.6 Å². The first-order valence-electron chi connectivity index (χ1n) is 6.15. The summed E-state index contributed by atoms with van der Waals surface area (Å²) in [7, 11) is 0. The van der Waals surface area contributed by atoms with Crippen molar-refractivity contribution in [3.63, 3.8) is 0 Å². The first-order valence-corrected chi connectivity index (χ1v) is 6.15. The predicted molar refractivity (Wildman–Crippen MR) is 69.3 cm³/mol. The Kier molecular flexibility index (Phi) is 6.05. The smallest absolute Gasteiger partial charge is 0.320 e. The van der Waals surface area contributed by atoms with Gasteiger partial charge in [-0.2, -0.15) is 0 Å². The van der Waals surface area contributed by atoms with E-state index in [1.54, 1.807) is 0 Å². The van der Waals surface area contributed by atoms with Gasteiger partial charge in [-0.25, -0.2) is 8.78 Å². The second kappa shape index (κ2) is 7.54. The van der Waals surface area contributed by atoms with E-state index < -0.39 is 29.6 Å². The molecule has 0 fully saturated rings. The van der Waals surface area contributed by atoms with Gasteiger partial charge in [-0.15, -0.1) is 0 Å². The molecule has 110 valence electrons. The van der Waals surface area contributed by atoms with Gasteiger partial charge in [0, 0.05) is 6.07 Å². The van der Waals surface area contributed by atoms with E-state index in [2.05, 4.69) is 10.6 Å². The van der Waals surface area contributed by atoms with Crippen LogP contribution in [0.3, 0.4) is 0 Å². The lowest BCUT2D eigenvalue weighted by Crippen LogP contribution is -2.41. The zero-order chi connectivity index (χ0) is 15.1. The molecule has 0 radical (unpaired) electrons. The number of benzene rings is 1. The second-order valence-electron chi connectivity index (χ2n) is 4.23. The maximum absolute atomic E-state index is 13.3. The molecule has 3 N–H and O–H groups in total. The first-order chi connectivity index (χ1) is 9.43. The number of carboxylic acid groups (broad SMARTS) is 1. The van der Waals surface area contributed by atoms with Crippen molar-refractivity contribution in [1.82, 2.24) is 5.32 Å². The quantitative estimate of drug-likeness (QED) is 0.713. The van der Waals surface area contributed by atoms with Gasteiger partial charge in [-0.3, -0.25) is 14.9 Å². The van der Waals surface area contributed by atoms with Crippen LogP contribution in [0.2, 0.25) is 0 Å². The minimum atomic E-state index is -1.06. The van der Waals surface area contributed by atoms with Crippen LogP contribution in [0.4, 0.5) is 14.5 Å². The molecular formula is C13H16F2N2O3. The Morgan fingerprint density at radius 2 is 2.05 bits per heavy atom. The van der Waals surface area contributed by atoms with Gasteiger partial charge in [0.15, 0.2) is 0 Å². The normalized spacial score (nSPS) is 11.9. The zero-order valence-corrected chi connectivity index (χ0v) is 11.0. The van der Waals surface area contributed by atoms with Crippen LogP contribution in [0.15, 0.2) is 18.2 Å². The number of carbonyl (C=O) groups is 2. The molecule has 1 aromatic rings. The number of aliphatic carboxylic acids is 1. The Hall–Kier alpha value is -2.02. The van der Waals surface area contributed by atoms with Crippen LogP contribution < -0.4 is 10.6 Å². The molecule has 0 bridgehead atoms. The van der Waals surface area contributed by atoms with E-state index in [4.69, 9.17) is 5.11 Å². The van der Waals surface area contributed by atoms with E-state index in [0.29, 0.717) is 12.8 Å². The van der Waals surface area contributed by atoms with Crippen molar-refractivity contribution in [2.75, 3.05) is 11.9 Å². The van der Waals surface area contributed by atoms with E-state index in [1.165, 1.54) is 0 Å². The average Bonchev–Trinajstić information content (AvgIpc) is 2.38. The van der Waals surface area contributed by atoms with Crippen molar-refractivity contribution >= 4 is 17.6 Å². The minimum absolute atomic E-state index is 0.279. The van der Waals surface area contributed by atoms with Crippen LogP contribution in [0.25, 0.3) is 0 Å². The molecule has 0 aromatic heterocycles. The summed E-state index contributed by atoms with van der Waals surface area (Å²) in [5.74, 6) is -3.14. The highest BCUT2D eigenvalue weighted by molar-refractivity contribution is 5.92. The Balaban J connectivity index is 2.55. The highest BCUT2D eigenvalue weighted by Crippen LogP contribution is 2.14. The van der Waals surface area contributed by atoms with Crippen molar-refractivity contribution < 1.29 is 23.5 Å². The van der Waals surface area contributed by atoms with E-state index in [9.17, 15) is 18.4 Å². The third-order valence-electron chi connectivity index (χ3n) is 2.59. The molecule has 1 unspecified atom stereocenters. The topological polar surface area (TPSA) is 78.4 Å². The van der Waals surface area contributed by atoms with E-state index >= 15 is 0 Å². The molecule has 0 heterocycles. The SMILES string of the molecule is CCCC(NCC(=O)Nc1cc(F)ccc1F)C(=O)O. The minimum Gasteiger partial charge on any atom is -0.480 e. The number of rotatable bonds is 7. The fraction of sp³-hybridized carbons (Fsp3) is 0.385. The fourth-order valence-electron chi connectivity index (χ4n) is 1.61. The number of amides is 1. The standard InChI is InChI=1S/C13H16F2N2O3/c1-2-3-10(13(19)20)16-7-12(18)17-11-6-8(14)4-5-9(11)15/h4-6,10,16H,2-3,7H2,1H3,(H,17,18)(H,19,20). The van der Waals surface area contributed by atoms with Crippen LogP contribution in [-0.2, 0) is 9.59 Å². The molecule has 0 saturated carbocycles. The predicted octanol–water partition coefficient (Wildman–Crippen LogP) is 1.75. The van der Waals surface area contributed by atoms with Gasteiger partial charge in [0.05, 0.1) is 12.2 Å². The van der Waals surface area contributed by atoms with Crippen LogP contribution in [-0.4, -0.2) is 29.6 Å². The van der Waals surface area contributed by atoms with Crippen LogP contribution >= 0.6 is 0 Å². The molecule has 0 aliphatic rings. The van der Waals surface area contributed by atoms with Gasteiger partial charge in [0.25, 0.3) is 0 Å². The van der Waals surface area contributed by atoms with Crippen molar-refractivity contribution in [2.45, 2.75) is 25.8 Å². The van der Waals surface area contributed by atoms with E-state index in [-0.39, 0.29) is 12.2 Å². The molecule has 1 rings (SSSR count). The Bertz CT molecular complexity index is 495. The molecule has 0 aliphatic heterocycles. The number of hydrogen-bond donors (Lipinski definition) is 3. The number of hydrogen-bond acceptors (Lipinski definition) is 3. The van der Waals surface area contributed by atoms with Crippen molar-refractivity contribution in [1.29, 1.82) is 0 Å². The lowest BCUT2D eigenvalue weighted by atomic mass is 10.2. The Morgan fingerprint density at radius 1 is 1.35 bits per heavy atom. The Labute approximate surface area is 115 Å². The van der Waals surface area contributed by atoms with Crippen molar-refractivity contribution in [2.24, 2.45) is 0 Å². The lowest BCUT2D eigenvalue weighted by molar-refractivity contribution is -0.139. The third-order valence-corrected chi connectivity index (χ3v) is 2.59. The maximum atomic E-state index is 13.3. The van der Waals surface area contributed by atoms with Crippen molar-refractivity contribution in [3.8, 4) is 0 Å². The highest BCUT2D eigenvalue weighted by Gasteiger charge is 2.17. The van der Waals surface area contributed by atoms with Crippen molar-refractivity contribution in [3.05, 3.63) is 29.8 Å². The maximum Gasteiger partial charge on any atom is 0.320 e. The summed E-state index contributed by atoms with van der Waals surface area (Å²) >= 11 is 0. The molecule has 5 nitrogen and oxygen atoms in total. The highest BCUT2D eigenvalue weighted by atomic mass is 19.1. The number of carbonyl (C=O) groups excluding carboxylic acids is 1. The molecule has 20 heavy (non-hydrogen) atoms. The molecular weight excluding hydrogens is 270 g/mol. The number of anilines is 1. The van der Waals surface area contributed by atoms with Gasteiger partial charge in [-0.1, -0.05) is 13.3 Å². The zero-order valence-electron chi connectivity index (χ0n) is 11.0. The first kappa shape index (κ1) is 16.0. The van der Waals surface area contributed by atoms with E-state index in [0.717, 1.165) is 18.2 Å². The number of carboxylic acids is 1. The summed E-state index contributed by atoms with van der Waals surface area (Å²) in [5, 5.41) is 13.6. The number of nitrogens with one attached hydrogen (secondary N) is 2. The molecule has 0 aliphatic carbocycles. The summed E-state index contributed by atoms with van der Waals surface area (Å²) in [6, 6.07) is 1.84.